The van der Waals surface area contributed by atoms with Crippen LogP contribution in [0.5, 0.6) is 0 Å². The van der Waals surface area contributed by atoms with Crippen molar-refractivity contribution in [1.82, 2.24) is 0 Å². The summed E-state index contributed by atoms with van der Waals surface area (Å²) >= 11 is 0. The molecule has 0 spiro atoms. The van der Waals surface area contributed by atoms with Crippen molar-refractivity contribution in [2.45, 2.75) is 39.2 Å². The summed E-state index contributed by atoms with van der Waals surface area (Å²) < 4.78 is 5.03. The number of esters is 1. The lowest BCUT2D eigenvalue weighted by molar-refractivity contribution is -0.143. The van der Waals surface area contributed by atoms with Gasteiger partial charge in [0, 0.05) is 6.92 Å². The molecule has 0 amide bonds. The fraction of sp³-hybridized carbons (Fsp3) is 0.667. The zero-order chi connectivity index (χ0) is 8.27. The second-order valence-electron chi connectivity index (χ2n) is 2.92. The van der Waals surface area contributed by atoms with Crippen molar-refractivity contribution in [1.29, 1.82) is 0 Å². The van der Waals surface area contributed by atoms with Crippen molar-refractivity contribution in [2.75, 3.05) is 0 Å². The quantitative estimate of drug-likeness (QED) is 0.449. The van der Waals surface area contributed by atoms with Gasteiger partial charge in [-0.1, -0.05) is 6.08 Å². The molecule has 0 radical (unpaired) electrons. The Kier molecular flexibility index (Phi) is 2.69. The van der Waals surface area contributed by atoms with Crippen LogP contribution in [0.15, 0.2) is 11.6 Å². The van der Waals surface area contributed by atoms with Crippen LogP contribution in [0.3, 0.4) is 0 Å². The number of hydrogen-bond acceptors (Lipinski definition) is 2. The molecule has 0 heterocycles. The monoisotopic (exact) mass is 154 g/mol. The molecule has 0 fully saturated rings. The Hall–Kier alpha value is -0.790. The Labute approximate surface area is 67.2 Å². The van der Waals surface area contributed by atoms with Crippen molar-refractivity contribution < 1.29 is 9.53 Å². The highest BCUT2D eigenvalue weighted by molar-refractivity contribution is 5.66. The van der Waals surface area contributed by atoms with Gasteiger partial charge < -0.3 is 4.74 Å². The second kappa shape index (κ2) is 3.56. The molecule has 1 rings (SSSR count). The Bertz CT molecular complexity index is 182. The van der Waals surface area contributed by atoms with Crippen LogP contribution < -0.4 is 0 Å². The van der Waals surface area contributed by atoms with Crippen molar-refractivity contribution >= 4 is 5.97 Å². The number of allylic oxidation sites excluding steroid dienone is 1. The van der Waals surface area contributed by atoms with Gasteiger partial charge in [-0.3, -0.25) is 4.79 Å². The highest BCUT2D eigenvalue weighted by Gasteiger charge is 2.14. The predicted octanol–water partition coefficient (Wildman–Crippen LogP) is 2.05. The van der Waals surface area contributed by atoms with Gasteiger partial charge in [-0.2, -0.15) is 0 Å². The molecule has 62 valence electrons. The van der Waals surface area contributed by atoms with E-state index in [1.54, 1.807) is 0 Å². The molecule has 0 saturated heterocycles. The summed E-state index contributed by atoms with van der Waals surface area (Å²) in [6.07, 6.45) is 5.61. The molecule has 11 heavy (non-hydrogen) atoms. The Morgan fingerprint density at radius 2 is 2.45 bits per heavy atom. The molecule has 0 unspecified atom stereocenters. The highest BCUT2D eigenvalue weighted by atomic mass is 16.5. The van der Waals surface area contributed by atoms with E-state index >= 15 is 0 Å². The van der Waals surface area contributed by atoms with Crippen molar-refractivity contribution in [3.63, 3.8) is 0 Å². The maximum atomic E-state index is 10.6. The first-order valence-corrected chi connectivity index (χ1v) is 4.06. The minimum absolute atomic E-state index is 0.00463. The molecule has 0 aliphatic heterocycles. The molecule has 0 N–H and O–H groups in total. The van der Waals surface area contributed by atoms with Crippen LogP contribution in [0.1, 0.15) is 33.1 Å². The zero-order valence-electron chi connectivity index (χ0n) is 7.09. The predicted molar refractivity (Wildman–Crippen MR) is 43.2 cm³/mol. The summed E-state index contributed by atoms with van der Waals surface area (Å²) in [5, 5.41) is 0. The van der Waals surface area contributed by atoms with Crippen LogP contribution in [-0.2, 0) is 9.53 Å². The van der Waals surface area contributed by atoms with Crippen molar-refractivity contribution in [3.05, 3.63) is 11.6 Å². The summed E-state index contributed by atoms with van der Waals surface area (Å²) in [6.45, 7) is 3.38. The van der Waals surface area contributed by atoms with Crippen LogP contribution >= 0.6 is 0 Å². The lowest BCUT2D eigenvalue weighted by Gasteiger charge is -2.12. The topological polar surface area (TPSA) is 26.3 Å². The normalized spacial score (nSPS) is 19.3. The minimum atomic E-state index is -0.190. The lowest BCUT2D eigenvalue weighted by Crippen LogP contribution is -2.13. The average molecular weight is 154 g/mol. The first kappa shape index (κ1) is 8.31. The van der Waals surface area contributed by atoms with E-state index in [4.69, 9.17) is 4.74 Å². The molecular formula is C9H14O2. The van der Waals surface area contributed by atoms with E-state index in [9.17, 15) is 4.79 Å². The van der Waals surface area contributed by atoms with E-state index in [2.05, 4.69) is 6.08 Å². The van der Waals surface area contributed by atoms with Gasteiger partial charge in [-0.05, 0) is 31.8 Å². The zero-order valence-corrected chi connectivity index (χ0v) is 7.09. The van der Waals surface area contributed by atoms with Crippen LogP contribution in [0.2, 0.25) is 0 Å². The maximum absolute atomic E-state index is 10.6. The summed E-state index contributed by atoms with van der Waals surface area (Å²) in [5.41, 5.74) is 1.28. The van der Waals surface area contributed by atoms with Crippen LogP contribution in [-0.4, -0.2) is 12.1 Å². The van der Waals surface area contributed by atoms with Gasteiger partial charge >= 0.3 is 5.97 Å². The molecule has 1 atom stereocenters. The van der Waals surface area contributed by atoms with Gasteiger partial charge in [0.15, 0.2) is 0 Å². The third-order valence-corrected chi connectivity index (χ3v) is 1.94. The number of ether oxygens (including phenoxy) is 1. The largest absolute Gasteiger partial charge is 0.458 e. The van der Waals surface area contributed by atoms with Gasteiger partial charge in [-0.25, -0.2) is 0 Å². The van der Waals surface area contributed by atoms with Gasteiger partial charge in [0.05, 0.1) is 0 Å². The Morgan fingerprint density at radius 1 is 1.73 bits per heavy atom. The lowest BCUT2D eigenvalue weighted by atomic mass is 10.1. The van der Waals surface area contributed by atoms with Gasteiger partial charge in [-0.15, -0.1) is 0 Å². The molecule has 0 aromatic heterocycles. The number of rotatable bonds is 2. The standard InChI is InChI=1S/C9H14O2/c1-7(11-8(2)10)9-5-3-4-6-9/h5,7H,3-4,6H2,1-2H3/t7-/m1/s1. The Morgan fingerprint density at radius 3 is 2.91 bits per heavy atom. The molecular weight excluding hydrogens is 140 g/mol. The van der Waals surface area contributed by atoms with Crippen molar-refractivity contribution in [2.24, 2.45) is 0 Å². The first-order chi connectivity index (χ1) is 5.20. The fourth-order valence-electron chi connectivity index (χ4n) is 1.39. The third-order valence-electron chi connectivity index (χ3n) is 1.94. The molecule has 0 bridgehead atoms. The third kappa shape index (κ3) is 2.37. The van der Waals surface area contributed by atoms with E-state index in [0.717, 1.165) is 12.8 Å². The Balaban J connectivity index is 2.40. The van der Waals surface area contributed by atoms with E-state index in [1.807, 2.05) is 6.92 Å². The summed E-state index contributed by atoms with van der Waals surface area (Å²) in [7, 11) is 0. The first-order valence-electron chi connectivity index (χ1n) is 4.06. The van der Waals surface area contributed by atoms with Crippen molar-refractivity contribution in [3.8, 4) is 0 Å². The van der Waals surface area contributed by atoms with E-state index in [0.29, 0.717) is 0 Å². The SMILES string of the molecule is CC(=O)O[C@H](C)C1=CCCC1. The van der Waals surface area contributed by atoms with Gasteiger partial charge in [0.1, 0.15) is 6.10 Å². The van der Waals surface area contributed by atoms with E-state index in [-0.39, 0.29) is 12.1 Å². The molecule has 0 aromatic rings. The minimum Gasteiger partial charge on any atom is -0.458 e. The van der Waals surface area contributed by atoms with E-state index in [1.165, 1.54) is 18.9 Å². The van der Waals surface area contributed by atoms with Crippen LogP contribution in [0.4, 0.5) is 0 Å². The second-order valence-corrected chi connectivity index (χ2v) is 2.92. The number of hydrogen-bond donors (Lipinski definition) is 0. The van der Waals surface area contributed by atoms with Gasteiger partial charge in [0.25, 0.3) is 0 Å². The molecule has 0 saturated carbocycles. The summed E-state index contributed by atoms with van der Waals surface area (Å²) in [6, 6.07) is 0. The molecule has 1 aliphatic rings. The number of carbonyl (C=O) groups excluding carboxylic acids is 1. The van der Waals surface area contributed by atoms with E-state index < -0.39 is 0 Å². The maximum Gasteiger partial charge on any atom is 0.303 e. The number of carbonyl (C=O) groups is 1. The molecule has 1 aliphatic carbocycles. The molecule has 0 aromatic carbocycles. The smallest absolute Gasteiger partial charge is 0.303 e. The summed E-state index contributed by atoms with van der Waals surface area (Å²) in [4.78, 5) is 10.6. The van der Waals surface area contributed by atoms with Crippen LogP contribution in [0.25, 0.3) is 0 Å². The van der Waals surface area contributed by atoms with Gasteiger partial charge in [0.2, 0.25) is 0 Å². The summed E-state index contributed by atoms with van der Waals surface area (Å²) in [5.74, 6) is -0.190. The fourth-order valence-corrected chi connectivity index (χ4v) is 1.39. The average Bonchev–Trinajstić information content (AvgIpc) is 2.35. The molecule has 2 heteroatoms. The highest BCUT2D eigenvalue weighted by Crippen LogP contribution is 2.22. The van der Waals surface area contributed by atoms with Crippen LogP contribution in [0, 0.1) is 0 Å². The molecule has 2 nitrogen and oxygen atoms in total.